The summed E-state index contributed by atoms with van der Waals surface area (Å²) in [4.78, 5) is 24.2. The third-order valence-electron chi connectivity index (χ3n) is 10.4. The Balaban J connectivity index is 1.19. The predicted octanol–water partition coefficient (Wildman–Crippen LogP) is 8.72. The van der Waals surface area contributed by atoms with Gasteiger partial charge in [0.05, 0.1) is 28.3 Å². The molecule has 0 bridgehead atoms. The summed E-state index contributed by atoms with van der Waals surface area (Å²) in [7, 11) is 1.69. The van der Waals surface area contributed by atoms with E-state index in [0.717, 1.165) is 44.5 Å². The van der Waals surface area contributed by atoms with Gasteiger partial charge in [0.25, 0.3) is 0 Å². The highest BCUT2D eigenvalue weighted by Crippen LogP contribution is 2.37. The molecule has 0 aliphatic heterocycles. The van der Waals surface area contributed by atoms with Crippen LogP contribution in [-0.4, -0.2) is 56.7 Å². The fourth-order valence-corrected chi connectivity index (χ4v) is 7.40. The molecule has 2 heterocycles. The van der Waals surface area contributed by atoms with Gasteiger partial charge < -0.3 is 34.3 Å². The number of aliphatic hydroxyl groups is 2. The molecule has 15 heteroatoms. The second-order valence-corrected chi connectivity index (χ2v) is 15.7. The van der Waals surface area contributed by atoms with E-state index >= 15 is 0 Å². The molecular formula is C49H47Cl2N5O8. The van der Waals surface area contributed by atoms with Crippen molar-refractivity contribution in [2.24, 2.45) is 4.99 Å². The first-order valence-electron chi connectivity index (χ1n) is 20.2. The molecule has 0 spiro atoms. The van der Waals surface area contributed by atoms with E-state index in [9.17, 15) is 25.4 Å². The number of hydrogen-bond donors (Lipinski definition) is 4. The summed E-state index contributed by atoms with van der Waals surface area (Å²) >= 11 is 13.4. The van der Waals surface area contributed by atoms with Crippen molar-refractivity contribution in [3.8, 4) is 40.2 Å². The Bertz CT molecular complexity index is 2690. The molecule has 0 radical (unpaired) electrons. The quantitative estimate of drug-likeness (QED) is 0.0535. The number of nitrogens with zero attached hydrogens (tertiary/aromatic N) is 4. The Morgan fingerprint density at radius 2 is 1.30 bits per heavy atom. The molecule has 0 aliphatic carbocycles. The number of carboxylic acid groups (broad SMARTS) is 1. The van der Waals surface area contributed by atoms with Gasteiger partial charge >= 0.3 is 5.97 Å². The van der Waals surface area contributed by atoms with Gasteiger partial charge in [-0.05, 0) is 78.4 Å². The fraction of sp³-hybridized carbons (Fsp3) is 0.245. The van der Waals surface area contributed by atoms with Gasteiger partial charge in [-0.1, -0.05) is 59.6 Å². The van der Waals surface area contributed by atoms with Gasteiger partial charge in [-0.25, -0.2) is 0 Å². The molecule has 330 valence electrons. The maximum atomic E-state index is 11.8. The van der Waals surface area contributed by atoms with E-state index in [1.54, 1.807) is 62.2 Å². The monoisotopic (exact) mass is 903 g/mol. The van der Waals surface area contributed by atoms with Gasteiger partial charge in [0.2, 0.25) is 0 Å². The van der Waals surface area contributed by atoms with Crippen LogP contribution in [0.5, 0.6) is 23.0 Å². The molecule has 2 atom stereocenters. The molecular weight excluding hydrogens is 857 g/mol. The Hall–Kier alpha value is -6.53. The Labute approximate surface area is 381 Å². The van der Waals surface area contributed by atoms with E-state index < -0.39 is 18.1 Å². The van der Waals surface area contributed by atoms with Crippen molar-refractivity contribution in [1.29, 1.82) is 5.26 Å². The van der Waals surface area contributed by atoms with E-state index in [4.69, 9.17) is 42.1 Å². The van der Waals surface area contributed by atoms with Crippen LogP contribution in [-0.2, 0) is 44.4 Å². The van der Waals surface area contributed by atoms with Gasteiger partial charge in [-0.3, -0.25) is 25.1 Å². The van der Waals surface area contributed by atoms with E-state index in [1.165, 1.54) is 13.1 Å². The normalized spacial score (nSPS) is 12.1. The molecule has 13 nitrogen and oxygen atoms in total. The number of carbonyl (C=O) groups is 1. The molecule has 2 aromatic heterocycles. The molecule has 0 amide bonds. The molecule has 64 heavy (non-hydrogen) atoms. The second-order valence-electron chi connectivity index (χ2n) is 14.9. The van der Waals surface area contributed by atoms with Crippen LogP contribution in [0, 0.1) is 25.2 Å². The van der Waals surface area contributed by atoms with Gasteiger partial charge in [0.15, 0.2) is 0 Å². The van der Waals surface area contributed by atoms with E-state index in [0.29, 0.717) is 50.3 Å². The van der Waals surface area contributed by atoms with Crippen LogP contribution in [0.4, 0.5) is 0 Å². The Kier molecular flexibility index (Phi) is 16.3. The fourth-order valence-electron chi connectivity index (χ4n) is 6.92. The lowest BCUT2D eigenvalue weighted by Crippen LogP contribution is -2.44. The third kappa shape index (κ3) is 11.9. The number of nitrogens with one attached hydrogen (secondary N) is 1. The average Bonchev–Trinajstić information content (AvgIpc) is 3.28. The van der Waals surface area contributed by atoms with Crippen molar-refractivity contribution in [1.82, 2.24) is 15.3 Å². The minimum atomic E-state index is -1.23. The lowest BCUT2D eigenvalue weighted by Gasteiger charge is -2.20. The summed E-state index contributed by atoms with van der Waals surface area (Å²) in [6, 6.07) is 23.0. The number of aliphatic carboxylic acids is 1. The van der Waals surface area contributed by atoms with Crippen LogP contribution in [0.25, 0.3) is 11.1 Å². The standard InChI is InChI=1S/C49H47Cl2N5O8/c1-29-36(27-63-46-15-44(61-25-34-11-32(17-52)19-54-21-34)38(13-42(46)50)23-56-48(31(3)58)49(59)60)7-5-9-40(29)41-10-6-8-37(30(41)2)28-64-47-16-45(39(24-57)14-43(47)51)62-26-35-12-33(18-53-4)20-55-22-35/h5-16,18-22,31,48,56-58H,23-28H2,1-4H3,(H,59,60). The molecule has 6 aromatic rings. The lowest BCUT2D eigenvalue weighted by molar-refractivity contribution is -0.142. The zero-order valence-electron chi connectivity index (χ0n) is 35.6. The maximum Gasteiger partial charge on any atom is 0.323 e. The summed E-state index contributed by atoms with van der Waals surface area (Å²) in [5, 5.41) is 42.5. The topological polar surface area (TPSA) is 189 Å². The number of aliphatic hydroxyl groups excluding tert-OH is 2. The predicted molar refractivity (Wildman–Crippen MR) is 244 cm³/mol. The highest BCUT2D eigenvalue weighted by molar-refractivity contribution is 6.32. The largest absolute Gasteiger partial charge is 0.488 e. The first-order valence-corrected chi connectivity index (χ1v) is 20.9. The number of rotatable bonds is 20. The van der Waals surface area contributed by atoms with Crippen LogP contribution < -0.4 is 24.3 Å². The molecule has 6 rings (SSSR count). The average molecular weight is 905 g/mol. The number of hydrogen-bond acceptors (Lipinski definition) is 12. The molecule has 4 N–H and O–H groups in total. The number of halogens is 2. The Morgan fingerprint density at radius 1 is 0.766 bits per heavy atom. The molecule has 0 saturated carbocycles. The summed E-state index contributed by atoms with van der Waals surface area (Å²) < 4.78 is 24.9. The number of pyridine rings is 2. The zero-order valence-corrected chi connectivity index (χ0v) is 37.2. The first-order chi connectivity index (χ1) is 30.9. The molecule has 0 saturated heterocycles. The number of benzene rings is 4. The lowest BCUT2D eigenvalue weighted by atomic mass is 9.92. The van der Waals surface area contributed by atoms with Crippen LogP contribution in [0.1, 0.15) is 62.6 Å². The molecule has 0 aliphatic rings. The maximum absolute atomic E-state index is 11.8. The molecule has 0 fully saturated rings. The number of ether oxygens (including phenoxy) is 4. The van der Waals surface area contributed by atoms with Crippen molar-refractivity contribution in [2.75, 3.05) is 7.05 Å². The van der Waals surface area contributed by atoms with Crippen molar-refractivity contribution >= 4 is 35.4 Å². The van der Waals surface area contributed by atoms with Gasteiger partial charge in [-0.2, -0.15) is 5.26 Å². The SMILES string of the molecule is CN=Cc1cncc(COc2cc(OCc3cccc(-c4cccc(COc5cc(OCc6cncc(C#N)c6)c(CNC(C(=O)O)C(C)O)cc5Cl)c4C)c3C)c(Cl)cc2CO)c1. The summed E-state index contributed by atoms with van der Waals surface area (Å²) in [5.41, 5.74) is 9.62. The minimum Gasteiger partial charge on any atom is -0.488 e. The minimum absolute atomic E-state index is 0.0141. The number of nitriles is 1. The number of aromatic nitrogens is 2. The van der Waals surface area contributed by atoms with Crippen LogP contribution in [0.2, 0.25) is 10.0 Å². The van der Waals surface area contributed by atoms with Crippen molar-refractivity contribution in [2.45, 2.75) is 72.5 Å². The van der Waals surface area contributed by atoms with Crippen LogP contribution in [0.15, 0.2) is 103 Å². The summed E-state index contributed by atoms with van der Waals surface area (Å²) in [6.07, 6.45) is 7.01. The number of aliphatic imine (C=N–C) groups is 1. The van der Waals surface area contributed by atoms with Crippen molar-refractivity contribution in [3.63, 3.8) is 0 Å². The highest BCUT2D eigenvalue weighted by atomic mass is 35.5. The summed E-state index contributed by atoms with van der Waals surface area (Å²) in [5.74, 6) is 0.337. The van der Waals surface area contributed by atoms with E-state index in [1.807, 2.05) is 44.2 Å². The van der Waals surface area contributed by atoms with Crippen molar-refractivity contribution in [3.05, 3.63) is 163 Å². The van der Waals surface area contributed by atoms with Crippen LogP contribution >= 0.6 is 23.2 Å². The summed E-state index contributed by atoms with van der Waals surface area (Å²) in [6.45, 7) is 5.85. The molecule has 4 aromatic carbocycles. The van der Waals surface area contributed by atoms with Gasteiger partial charge in [0.1, 0.15) is 61.5 Å². The van der Waals surface area contributed by atoms with Crippen molar-refractivity contribution < 1.29 is 39.1 Å². The third-order valence-corrected chi connectivity index (χ3v) is 11.0. The molecule has 2 unspecified atom stereocenters. The number of carboxylic acids is 1. The smallest absolute Gasteiger partial charge is 0.323 e. The Morgan fingerprint density at radius 3 is 1.83 bits per heavy atom. The van der Waals surface area contributed by atoms with E-state index in [-0.39, 0.29) is 44.6 Å². The van der Waals surface area contributed by atoms with Gasteiger partial charge in [-0.15, -0.1) is 0 Å². The van der Waals surface area contributed by atoms with Crippen LogP contribution in [0.3, 0.4) is 0 Å². The highest BCUT2D eigenvalue weighted by Gasteiger charge is 2.24. The van der Waals surface area contributed by atoms with E-state index in [2.05, 4.69) is 38.5 Å². The van der Waals surface area contributed by atoms with Gasteiger partial charge in [0, 0.05) is 84.5 Å². The zero-order chi connectivity index (χ0) is 45.8. The second kappa shape index (κ2) is 22.2. The first kappa shape index (κ1) is 47.0.